The Morgan fingerprint density at radius 2 is 1.75 bits per heavy atom. The number of piperidine rings is 1. The SMILES string of the molecule is C=CN1CC[C@@H](C)C(C)(C)C(C)=C1C(C)N1CCC(N(C)C)CC1. The predicted octanol–water partition coefficient (Wildman–Crippen LogP) is 4.19. The van der Waals surface area contributed by atoms with Crippen LogP contribution in [0.15, 0.2) is 24.0 Å². The minimum absolute atomic E-state index is 0.253. The summed E-state index contributed by atoms with van der Waals surface area (Å²) >= 11 is 0. The molecule has 24 heavy (non-hydrogen) atoms. The number of rotatable bonds is 4. The largest absolute Gasteiger partial charge is 0.351 e. The summed E-state index contributed by atoms with van der Waals surface area (Å²) in [6, 6.07) is 1.21. The number of hydrogen-bond donors (Lipinski definition) is 0. The van der Waals surface area contributed by atoms with Crippen LogP contribution in [0.4, 0.5) is 0 Å². The highest BCUT2D eigenvalue weighted by Gasteiger charge is 2.37. The van der Waals surface area contributed by atoms with E-state index in [4.69, 9.17) is 0 Å². The van der Waals surface area contributed by atoms with Crippen LogP contribution in [0.5, 0.6) is 0 Å². The second-order valence-electron chi connectivity index (χ2n) is 8.70. The summed E-state index contributed by atoms with van der Waals surface area (Å²) in [4.78, 5) is 7.50. The smallest absolute Gasteiger partial charge is 0.0471 e. The van der Waals surface area contributed by atoms with E-state index >= 15 is 0 Å². The van der Waals surface area contributed by atoms with Crippen molar-refractivity contribution >= 4 is 0 Å². The zero-order valence-electron chi connectivity index (χ0n) is 17.1. The fraction of sp³-hybridized carbons (Fsp3) is 0.810. The topological polar surface area (TPSA) is 9.72 Å². The molecule has 2 atom stereocenters. The highest BCUT2D eigenvalue weighted by Crippen LogP contribution is 2.43. The Labute approximate surface area is 150 Å². The van der Waals surface area contributed by atoms with Gasteiger partial charge in [0.25, 0.3) is 0 Å². The van der Waals surface area contributed by atoms with Crippen LogP contribution in [0, 0.1) is 11.3 Å². The molecule has 2 heterocycles. The van der Waals surface area contributed by atoms with Crippen LogP contribution in [-0.2, 0) is 0 Å². The van der Waals surface area contributed by atoms with Crippen molar-refractivity contribution in [1.29, 1.82) is 0 Å². The lowest BCUT2D eigenvalue weighted by molar-refractivity contribution is 0.117. The highest BCUT2D eigenvalue weighted by atomic mass is 15.2. The van der Waals surface area contributed by atoms with Crippen molar-refractivity contribution in [2.24, 2.45) is 11.3 Å². The number of allylic oxidation sites excluding steroid dienone is 1. The minimum atomic E-state index is 0.253. The second kappa shape index (κ2) is 7.61. The molecule has 0 aromatic rings. The molecule has 1 fully saturated rings. The summed E-state index contributed by atoms with van der Waals surface area (Å²) in [7, 11) is 4.43. The van der Waals surface area contributed by atoms with Crippen LogP contribution in [0.3, 0.4) is 0 Å². The molecule has 0 radical (unpaired) electrons. The minimum Gasteiger partial charge on any atom is -0.351 e. The number of hydrogen-bond acceptors (Lipinski definition) is 3. The van der Waals surface area contributed by atoms with E-state index in [1.165, 1.54) is 38.0 Å². The fourth-order valence-electron chi connectivity index (χ4n) is 4.43. The zero-order valence-corrected chi connectivity index (χ0v) is 17.1. The first-order chi connectivity index (χ1) is 11.2. The molecule has 2 aliphatic rings. The van der Waals surface area contributed by atoms with Gasteiger partial charge >= 0.3 is 0 Å². The normalized spacial score (nSPS) is 28.2. The van der Waals surface area contributed by atoms with Gasteiger partial charge in [0.15, 0.2) is 0 Å². The van der Waals surface area contributed by atoms with E-state index in [0.29, 0.717) is 12.0 Å². The maximum absolute atomic E-state index is 4.11. The predicted molar refractivity (Wildman–Crippen MR) is 105 cm³/mol. The molecule has 1 saturated heterocycles. The Kier molecular flexibility index (Phi) is 6.19. The molecule has 3 heteroatoms. The summed E-state index contributed by atoms with van der Waals surface area (Å²) < 4.78 is 0. The van der Waals surface area contributed by atoms with Crippen LogP contribution in [0.25, 0.3) is 0 Å². The third-order valence-corrected chi connectivity index (χ3v) is 7.09. The number of nitrogens with zero attached hydrogens (tertiary/aromatic N) is 3. The Bertz CT molecular complexity index is 469. The first kappa shape index (κ1) is 19.5. The van der Waals surface area contributed by atoms with Crippen LogP contribution in [-0.4, -0.2) is 60.5 Å². The lowest BCUT2D eigenvalue weighted by Crippen LogP contribution is -2.48. The van der Waals surface area contributed by atoms with Gasteiger partial charge in [-0.1, -0.05) is 27.4 Å². The van der Waals surface area contributed by atoms with Gasteiger partial charge in [0.2, 0.25) is 0 Å². The van der Waals surface area contributed by atoms with Gasteiger partial charge in [-0.3, -0.25) is 4.90 Å². The first-order valence-electron chi connectivity index (χ1n) is 9.71. The van der Waals surface area contributed by atoms with E-state index in [0.717, 1.165) is 12.6 Å². The quantitative estimate of drug-likeness (QED) is 0.764. The molecule has 0 amide bonds. The molecule has 0 N–H and O–H groups in total. The van der Waals surface area contributed by atoms with Crippen LogP contribution < -0.4 is 0 Å². The standard InChI is InChI=1S/C21H39N3/c1-9-23-13-10-16(2)21(5,6)17(3)20(23)18(4)24-14-11-19(12-15-24)22(7)8/h9,16,18-19H,1,10-15H2,2-8H3/t16-,18?/m1/s1. The third kappa shape index (κ3) is 3.72. The zero-order chi connectivity index (χ0) is 18.1. The van der Waals surface area contributed by atoms with E-state index in [9.17, 15) is 0 Å². The van der Waals surface area contributed by atoms with E-state index in [1.807, 2.05) is 0 Å². The lowest BCUT2D eigenvalue weighted by atomic mass is 9.72. The van der Waals surface area contributed by atoms with Crippen molar-refractivity contribution < 1.29 is 0 Å². The molecule has 0 aliphatic carbocycles. The van der Waals surface area contributed by atoms with Crippen molar-refractivity contribution in [2.45, 2.75) is 66.0 Å². The summed E-state index contributed by atoms with van der Waals surface area (Å²) in [5.41, 5.74) is 3.31. The molecular formula is C21H39N3. The molecule has 3 nitrogen and oxygen atoms in total. The van der Waals surface area contributed by atoms with Gasteiger partial charge in [-0.05, 0) is 70.3 Å². The Morgan fingerprint density at radius 3 is 2.25 bits per heavy atom. The summed E-state index contributed by atoms with van der Waals surface area (Å²) in [5.74, 6) is 0.698. The molecule has 2 aliphatic heterocycles. The second-order valence-corrected chi connectivity index (χ2v) is 8.70. The van der Waals surface area contributed by atoms with E-state index in [2.05, 4.69) is 76.2 Å². The maximum atomic E-state index is 4.11. The van der Waals surface area contributed by atoms with Gasteiger partial charge in [0, 0.05) is 37.4 Å². The molecule has 0 spiro atoms. The van der Waals surface area contributed by atoms with Gasteiger partial charge in [-0.25, -0.2) is 0 Å². The van der Waals surface area contributed by atoms with Gasteiger partial charge in [-0.15, -0.1) is 0 Å². The average molecular weight is 334 g/mol. The van der Waals surface area contributed by atoms with Gasteiger partial charge < -0.3 is 9.80 Å². The van der Waals surface area contributed by atoms with Crippen LogP contribution in [0.1, 0.15) is 53.9 Å². The molecule has 138 valence electrons. The van der Waals surface area contributed by atoms with Crippen molar-refractivity contribution in [3.05, 3.63) is 24.0 Å². The molecule has 0 saturated carbocycles. The van der Waals surface area contributed by atoms with Gasteiger partial charge in [0.05, 0.1) is 0 Å². The van der Waals surface area contributed by atoms with Crippen molar-refractivity contribution in [1.82, 2.24) is 14.7 Å². The fourth-order valence-corrected chi connectivity index (χ4v) is 4.43. The summed E-state index contributed by atoms with van der Waals surface area (Å²) in [6.45, 7) is 19.6. The third-order valence-electron chi connectivity index (χ3n) is 7.09. The summed E-state index contributed by atoms with van der Waals surface area (Å²) in [5, 5.41) is 0. The molecule has 0 bridgehead atoms. The average Bonchev–Trinajstić information content (AvgIpc) is 2.64. The van der Waals surface area contributed by atoms with Crippen LogP contribution in [0.2, 0.25) is 0 Å². The summed E-state index contributed by atoms with van der Waals surface area (Å²) in [6.07, 6.45) is 5.83. The Balaban J connectivity index is 2.25. The van der Waals surface area contributed by atoms with Crippen molar-refractivity contribution in [2.75, 3.05) is 33.7 Å². The van der Waals surface area contributed by atoms with Gasteiger partial charge in [-0.2, -0.15) is 0 Å². The molecule has 1 unspecified atom stereocenters. The Morgan fingerprint density at radius 1 is 1.17 bits per heavy atom. The Hall–Kier alpha value is -0.800. The van der Waals surface area contributed by atoms with Crippen molar-refractivity contribution in [3.8, 4) is 0 Å². The molecular weight excluding hydrogens is 294 g/mol. The van der Waals surface area contributed by atoms with E-state index in [1.54, 1.807) is 5.57 Å². The number of likely N-dealkylation sites (tertiary alicyclic amines) is 1. The van der Waals surface area contributed by atoms with E-state index < -0.39 is 0 Å². The van der Waals surface area contributed by atoms with E-state index in [-0.39, 0.29) is 5.41 Å². The molecule has 0 aromatic heterocycles. The van der Waals surface area contributed by atoms with Crippen molar-refractivity contribution in [3.63, 3.8) is 0 Å². The molecule has 2 rings (SSSR count). The first-order valence-corrected chi connectivity index (χ1v) is 9.71. The maximum Gasteiger partial charge on any atom is 0.0471 e. The highest BCUT2D eigenvalue weighted by molar-refractivity contribution is 5.26. The van der Waals surface area contributed by atoms with Gasteiger partial charge in [0.1, 0.15) is 0 Å². The monoisotopic (exact) mass is 333 g/mol. The lowest BCUT2D eigenvalue weighted by Gasteiger charge is -2.42. The molecule has 0 aromatic carbocycles. The van der Waals surface area contributed by atoms with Crippen LogP contribution >= 0.6 is 0 Å².